The van der Waals surface area contributed by atoms with E-state index in [1.165, 1.54) is 0 Å². The molecular weight excluding hydrogens is 452 g/mol. The minimum absolute atomic E-state index is 0.0476. The Bertz CT molecular complexity index is 839. The highest BCUT2D eigenvalue weighted by atomic mass is 19.4. The number of halogens is 6. The molecule has 2 saturated heterocycles. The Balaban J connectivity index is 1.62. The Hall–Kier alpha value is -2.17. The lowest BCUT2D eigenvalue weighted by molar-refractivity contribution is -0.308. The van der Waals surface area contributed by atoms with E-state index in [2.05, 4.69) is 33.7 Å². The minimum atomic E-state index is -5.72. The molecule has 0 radical (unpaired) electrons. The van der Waals surface area contributed by atoms with Gasteiger partial charge in [0.15, 0.2) is 0 Å². The number of carbonyl (C=O) groups is 1. The smallest absolute Gasteiger partial charge is 0.426 e. The number of aromatic amines is 1. The van der Waals surface area contributed by atoms with Crippen molar-refractivity contribution in [3.63, 3.8) is 0 Å². The molecule has 2 fully saturated rings. The number of nitrogens with zero attached hydrogens (tertiary/aromatic N) is 2. The Labute approximate surface area is 188 Å². The van der Waals surface area contributed by atoms with Gasteiger partial charge in [0.2, 0.25) is 0 Å². The fraction of sp³-hybridized carbons (Fsp3) is 0.682. The number of amides is 1. The van der Waals surface area contributed by atoms with Gasteiger partial charge < -0.3 is 14.6 Å². The van der Waals surface area contributed by atoms with E-state index in [1.807, 2.05) is 13.0 Å². The SMILES string of the molecule is CC/C=C\c1[nH]c(CN2CCCC23CCN(C(=O)OC(C(F)(F)F)C(F)(F)F)CC3)cc1C. The molecule has 33 heavy (non-hydrogen) atoms. The summed E-state index contributed by atoms with van der Waals surface area (Å²) in [5.74, 6) is 0. The van der Waals surface area contributed by atoms with Crippen LogP contribution in [0.15, 0.2) is 12.1 Å². The van der Waals surface area contributed by atoms with Gasteiger partial charge in [-0.3, -0.25) is 4.90 Å². The van der Waals surface area contributed by atoms with Crippen molar-refractivity contribution in [2.24, 2.45) is 0 Å². The number of alkyl halides is 6. The second-order valence-corrected chi connectivity index (χ2v) is 8.79. The van der Waals surface area contributed by atoms with Crippen LogP contribution in [0.1, 0.15) is 56.0 Å². The summed E-state index contributed by atoms with van der Waals surface area (Å²) in [4.78, 5) is 18.7. The number of H-pyrrole nitrogens is 1. The zero-order valence-electron chi connectivity index (χ0n) is 18.7. The number of likely N-dealkylation sites (tertiary alicyclic amines) is 2. The van der Waals surface area contributed by atoms with Crippen LogP contribution in [0.25, 0.3) is 6.08 Å². The highest BCUT2D eigenvalue weighted by Crippen LogP contribution is 2.40. The molecule has 2 aliphatic heterocycles. The van der Waals surface area contributed by atoms with Gasteiger partial charge in [0.05, 0.1) is 0 Å². The fourth-order valence-electron chi connectivity index (χ4n) is 4.75. The van der Waals surface area contributed by atoms with E-state index in [-0.39, 0.29) is 18.6 Å². The Morgan fingerprint density at radius 3 is 2.36 bits per heavy atom. The van der Waals surface area contributed by atoms with E-state index in [0.717, 1.165) is 47.7 Å². The van der Waals surface area contributed by atoms with E-state index in [0.29, 0.717) is 19.4 Å². The van der Waals surface area contributed by atoms with Gasteiger partial charge in [-0.1, -0.05) is 13.0 Å². The highest BCUT2D eigenvalue weighted by Gasteiger charge is 2.60. The van der Waals surface area contributed by atoms with Crippen molar-refractivity contribution in [1.82, 2.24) is 14.8 Å². The summed E-state index contributed by atoms with van der Waals surface area (Å²) in [6, 6.07) is 2.09. The largest absolute Gasteiger partial charge is 0.434 e. The molecule has 186 valence electrons. The van der Waals surface area contributed by atoms with Crippen molar-refractivity contribution in [1.29, 1.82) is 0 Å². The minimum Gasteiger partial charge on any atom is -0.426 e. The number of rotatable bonds is 5. The number of aromatic nitrogens is 1. The lowest BCUT2D eigenvalue weighted by Crippen LogP contribution is -2.54. The van der Waals surface area contributed by atoms with Gasteiger partial charge in [-0.2, -0.15) is 26.3 Å². The first-order chi connectivity index (χ1) is 15.4. The third kappa shape index (κ3) is 5.85. The molecule has 2 aliphatic rings. The molecule has 0 saturated carbocycles. The van der Waals surface area contributed by atoms with Crippen molar-refractivity contribution >= 4 is 12.2 Å². The number of allylic oxidation sites excluding steroid dienone is 1. The maximum Gasteiger partial charge on any atom is 0.434 e. The van der Waals surface area contributed by atoms with E-state index >= 15 is 0 Å². The number of carbonyl (C=O) groups excluding carboxylic acids is 1. The van der Waals surface area contributed by atoms with Crippen LogP contribution in [0, 0.1) is 6.92 Å². The standard InChI is InChI=1S/C22H29F6N3O2/c1-3-4-6-17-15(2)13-16(29-17)14-31-10-5-7-20(31)8-11-30(12-9-20)19(32)33-18(21(23,24)25)22(26,27)28/h4,6,13,18,29H,3,5,7-12,14H2,1-2H3/b6-4-. The third-order valence-corrected chi connectivity index (χ3v) is 6.50. The summed E-state index contributed by atoms with van der Waals surface area (Å²) < 4.78 is 80.1. The van der Waals surface area contributed by atoms with Gasteiger partial charge in [-0.15, -0.1) is 0 Å². The van der Waals surface area contributed by atoms with Gasteiger partial charge in [0.1, 0.15) is 0 Å². The first kappa shape index (κ1) is 25.5. The van der Waals surface area contributed by atoms with Crippen LogP contribution in [-0.2, 0) is 11.3 Å². The number of aryl methyl sites for hydroxylation is 1. The number of hydrogen-bond donors (Lipinski definition) is 1. The molecule has 0 bridgehead atoms. The van der Waals surface area contributed by atoms with Crippen LogP contribution in [0.5, 0.6) is 0 Å². The van der Waals surface area contributed by atoms with E-state index in [4.69, 9.17) is 0 Å². The van der Waals surface area contributed by atoms with Crippen molar-refractivity contribution in [3.05, 3.63) is 29.1 Å². The monoisotopic (exact) mass is 481 g/mol. The van der Waals surface area contributed by atoms with Crippen molar-refractivity contribution in [2.75, 3.05) is 19.6 Å². The summed E-state index contributed by atoms with van der Waals surface area (Å²) in [5.41, 5.74) is 2.98. The van der Waals surface area contributed by atoms with Crippen LogP contribution >= 0.6 is 0 Å². The van der Waals surface area contributed by atoms with E-state index in [1.54, 1.807) is 0 Å². The number of ether oxygens (including phenoxy) is 1. The summed E-state index contributed by atoms with van der Waals surface area (Å²) >= 11 is 0. The Morgan fingerprint density at radius 1 is 1.15 bits per heavy atom. The van der Waals surface area contributed by atoms with Gasteiger partial charge in [-0.25, -0.2) is 4.79 Å². The number of piperidine rings is 1. The normalized spacial score (nSPS) is 19.8. The highest BCUT2D eigenvalue weighted by molar-refractivity contribution is 5.68. The molecule has 1 aromatic heterocycles. The second kappa shape index (κ2) is 9.60. The first-order valence-electron chi connectivity index (χ1n) is 11.0. The first-order valence-corrected chi connectivity index (χ1v) is 11.0. The summed E-state index contributed by atoms with van der Waals surface area (Å²) in [6.45, 7) is 5.67. The summed E-state index contributed by atoms with van der Waals surface area (Å²) in [7, 11) is 0. The fourth-order valence-corrected chi connectivity index (χ4v) is 4.75. The van der Waals surface area contributed by atoms with Crippen molar-refractivity contribution in [3.8, 4) is 0 Å². The molecule has 3 heterocycles. The van der Waals surface area contributed by atoms with Crippen LogP contribution < -0.4 is 0 Å². The molecular formula is C22H29F6N3O2. The van der Waals surface area contributed by atoms with Crippen LogP contribution in [0.3, 0.4) is 0 Å². The predicted octanol–water partition coefficient (Wildman–Crippen LogP) is 5.81. The maximum atomic E-state index is 12.7. The maximum absolute atomic E-state index is 12.7. The van der Waals surface area contributed by atoms with E-state index in [9.17, 15) is 31.1 Å². The van der Waals surface area contributed by atoms with Crippen molar-refractivity contribution in [2.45, 2.75) is 76.5 Å². The van der Waals surface area contributed by atoms with Gasteiger partial charge in [0.25, 0.3) is 6.10 Å². The topological polar surface area (TPSA) is 48.6 Å². The van der Waals surface area contributed by atoms with Crippen LogP contribution in [0.2, 0.25) is 0 Å². The molecule has 1 aromatic rings. The lowest BCUT2D eigenvalue weighted by atomic mass is 9.85. The average Bonchev–Trinajstić information content (AvgIpc) is 3.26. The molecule has 0 aromatic carbocycles. The number of nitrogens with one attached hydrogen (secondary N) is 1. The van der Waals surface area contributed by atoms with Crippen molar-refractivity contribution < 1.29 is 35.9 Å². The van der Waals surface area contributed by atoms with Gasteiger partial charge in [0, 0.05) is 36.6 Å². The Morgan fingerprint density at radius 2 is 1.79 bits per heavy atom. The Kier molecular flexibility index (Phi) is 7.40. The van der Waals surface area contributed by atoms with Crippen LogP contribution in [0.4, 0.5) is 31.1 Å². The quantitative estimate of drug-likeness (QED) is 0.541. The molecule has 3 rings (SSSR count). The second-order valence-electron chi connectivity index (χ2n) is 8.79. The van der Waals surface area contributed by atoms with Gasteiger partial charge >= 0.3 is 18.4 Å². The summed E-state index contributed by atoms with van der Waals surface area (Å²) in [5, 5.41) is 0. The molecule has 0 unspecified atom stereocenters. The molecule has 11 heteroatoms. The molecule has 5 nitrogen and oxygen atoms in total. The molecule has 1 amide bonds. The predicted molar refractivity (Wildman–Crippen MR) is 110 cm³/mol. The van der Waals surface area contributed by atoms with Crippen LogP contribution in [-0.4, -0.2) is 64.5 Å². The average molecular weight is 481 g/mol. The number of hydrogen-bond acceptors (Lipinski definition) is 3. The lowest BCUT2D eigenvalue weighted by Gasteiger charge is -2.45. The third-order valence-electron chi connectivity index (χ3n) is 6.50. The zero-order valence-corrected chi connectivity index (χ0v) is 18.7. The molecule has 1 spiro atoms. The molecule has 0 atom stereocenters. The zero-order chi connectivity index (χ0) is 24.4. The van der Waals surface area contributed by atoms with Gasteiger partial charge in [-0.05, 0) is 63.3 Å². The summed E-state index contributed by atoms with van der Waals surface area (Å²) in [6.07, 6.45) is -9.37. The van der Waals surface area contributed by atoms with E-state index < -0.39 is 24.5 Å². The molecule has 1 N–H and O–H groups in total. The molecule has 0 aliphatic carbocycles.